The van der Waals surface area contributed by atoms with Crippen LogP contribution < -0.4 is 0 Å². The molecule has 2 atom stereocenters. The molecule has 0 bridgehead atoms. The smallest absolute Gasteiger partial charge is 0.158 e. The molecule has 0 aliphatic carbocycles. The standard InChI is InChI=1S/C12H24O2/c1-9(2)8-11-6-5-7-12(14-11)13-10(3)4/h9-12H,5-8H2,1-4H3. The van der Waals surface area contributed by atoms with Gasteiger partial charge < -0.3 is 9.47 Å². The minimum atomic E-state index is 0.0486. The number of rotatable bonds is 4. The van der Waals surface area contributed by atoms with Crippen molar-refractivity contribution in [3.8, 4) is 0 Å². The summed E-state index contributed by atoms with van der Waals surface area (Å²) in [7, 11) is 0. The topological polar surface area (TPSA) is 18.5 Å². The van der Waals surface area contributed by atoms with Crippen molar-refractivity contribution in [2.75, 3.05) is 0 Å². The fraction of sp³-hybridized carbons (Fsp3) is 1.00. The normalized spacial score (nSPS) is 28.7. The maximum absolute atomic E-state index is 5.89. The average Bonchev–Trinajstić information content (AvgIpc) is 2.01. The van der Waals surface area contributed by atoms with E-state index in [1.165, 1.54) is 12.8 Å². The summed E-state index contributed by atoms with van der Waals surface area (Å²) in [6.07, 6.45) is 5.42. The highest BCUT2D eigenvalue weighted by atomic mass is 16.7. The summed E-state index contributed by atoms with van der Waals surface area (Å²) in [4.78, 5) is 0. The van der Waals surface area contributed by atoms with Gasteiger partial charge in [-0.25, -0.2) is 0 Å². The SMILES string of the molecule is CC(C)CC1CCCC(OC(C)C)O1. The summed E-state index contributed by atoms with van der Waals surface area (Å²) in [5, 5.41) is 0. The molecule has 0 aromatic carbocycles. The Morgan fingerprint density at radius 1 is 1.21 bits per heavy atom. The van der Waals surface area contributed by atoms with Crippen molar-refractivity contribution >= 4 is 0 Å². The highest BCUT2D eigenvalue weighted by Gasteiger charge is 2.23. The fourth-order valence-corrected chi connectivity index (χ4v) is 1.97. The summed E-state index contributed by atoms with van der Waals surface area (Å²) in [6, 6.07) is 0. The molecule has 0 saturated carbocycles. The van der Waals surface area contributed by atoms with Gasteiger partial charge in [-0.2, -0.15) is 0 Å². The Labute approximate surface area is 88.0 Å². The van der Waals surface area contributed by atoms with Gasteiger partial charge in [0.25, 0.3) is 0 Å². The van der Waals surface area contributed by atoms with Crippen LogP contribution in [0.15, 0.2) is 0 Å². The van der Waals surface area contributed by atoms with Gasteiger partial charge in [-0.15, -0.1) is 0 Å². The second-order valence-corrected chi connectivity index (χ2v) is 4.93. The molecule has 0 radical (unpaired) electrons. The molecule has 1 aliphatic heterocycles. The maximum atomic E-state index is 5.89. The predicted octanol–water partition coefficient (Wildman–Crippen LogP) is 3.35. The molecule has 14 heavy (non-hydrogen) atoms. The Balaban J connectivity index is 2.28. The highest BCUT2D eigenvalue weighted by molar-refractivity contribution is 4.68. The van der Waals surface area contributed by atoms with Crippen molar-refractivity contribution in [2.45, 2.75) is 71.9 Å². The third kappa shape index (κ3) is 4.43. The van der Waals surface area contributed by atoms with Gasteiger partial charge >= 0.3 is 0 Å². The Morgan fingerprint density at radius 2 is 1.93 bits per heavy atom. The van der Waals surface area contributed by atoms with Crippen LogP contribution >= 0.6 is 0 Å². The van der Waals surface area contributed by atoms with E-state index in [0.29, 0.717) is 6.10 Å². The minimum absolute atomic E-state index is 0.0486. The molecule has 0 spiro atoms. The lowest BCUT2D eigenvalue weighted by atomic mass is 9.99. The molecular formula is C12H24O2. The minimum Gasteiger partial charge on any atom is -0.350 e. The summed E-state index contributed by atoms with van der Waals surface area (Å²) in [6.45, 7) is 8.62. The van der Waals surface area contributed by atoms with Crippen molar-refractivity contribution in [3.05, 3.63) is 0 Å². The van der Waals surface area contributed by atoms with Gasteiger partial charge in [0.15, 0.2) is 6.29 Å². The quantitative estimate of drug-likeness (QED) is 0.693. The third-order valence-corrected chi connectivity index (χ3v) is 2.47. The largest absolute Gasteiger partial charge is 0.350 e. The van der Waals surface area contributed by atoms with E-state index in [1.54, 1.807) is 0 Å². The molecule has 1 fully saturated rings. The van der Waals surface area contributed by atoms with Gasteiger partial charge in [0.1, 0.15) is 0 Å². The van der Waals surface area contributed by atoms with Crippen LogP contribution in [0.2, 0.25) is 0 Å². The van der Waals surface area contributed by atoms with E-state index in [0.717, 1.165) is 18.8 Å². The zero-order chi connectivity index (χ0) is 10.6. The lowest BCUT2D eigenvalue weighted by molar-refractivity contribution is -0.211. The first-order chi connectivity index (χ1) is 6.58. The van der Waals surface area contributed by atoms with Crippen molar-refractivity contribution in [2.24, 2.45) is 5.92 Å². The molecule has 84 valence electrons. The van der Waals surface area contributed by atoms with Crippen molar-refractivity contribution < 1.29 is 9.47 Å². The summed E-state index contributed by atoms with van der Waals surface area (Å²) in [5.74, 6) is 0.720. The monoisotopic (exact) mass is 200 g/mol. The Hall–Kier alpha value is -0.0800. The first kappa shape index (κ1) is 12.0. The van der Waals surface area contributed by atoms with Crippen molar-refractivity contribution in [3.63, 3.8) is 0 Å². The van der Waals surface area contributed by atoms with Crippen molar-refractivity contribution in [1.82, 2.24) is 0 Å². The maximum Gasteiger partial charge on any atom is 0.158 e. The van der Waals surface area contributed by atoms with Gasteiger partial charge in [0.05, 0.1) is 12.2 Å². The molecule has 1 rings (SSSR count). The van der Waals surface area contributed by atoms with Crippen LogP contribution in [0.4, 0.5) is 0 Å². The number of ether oxygens (including phenoxy) is 2. The van der Waals surface area contributed by atoms with Crippen LogP contribution in [0.1, 0.15) is 53.4 Å². The summed E-state index contributed by atoms with van der Waals surface area (Å²) >= 11 is 0. The molecule has 2 unspecified atom stereocenters. The first-order valence-corrected chi connectivity index (χ1v) is 5.89. The van der Waals surface area contributed by atoms with E-state index in [9.17, 15) is 0 Å². The lowest BCUT2D eigenvalue weighted by Gasteiger charge is -2.31. The molecule has 0 aromatic heterocycles. The average molecular weight is 200 g/mol. The Kier molecular flexibility index (Phi) is 4.90. The molecule has 0 N–H and O–H groups in total. The third-order valence-electron chi connectivity index (χ3n) is 2.47. The van der Waals surface area contributed by atoms with E-state index in [-0.39, 0.29) is 12.4 Å². The van der Waals surface area contributed by atoms with E-state index >= 15 is 0 Å². The number of hydrogen-bond acceptors (Lipinski definition) is 2. The molecule has 1 saturated heterocycles. The van der Waals surface area contributed by atoms with Crippen LogP contribution in [-0.2, 0) is 9.47 Å². The van der Waals surface area contributed by atoms with Gasteiger partial charge in [-0.3, -0.25) is 0 Å². The van der Waals surface area contributed by atoms with Crippen LogP contribution in [0.3, 0.4) is 0 Å². The van der Waals surface area contributed by atoms with Crippen LogP contribution in [0, 0.1) is 5.92 Å². The van der Waals surface area contributed by atoms with Crippen LogP contribution in [-0.4, -0.2) is 18.5 Å². The van der Waals surface area contributed by atoms with E-state index < -0.39 is 0 Å². The van der Waals surface area contributed by atoms with Crippen LogP contribution in [0.5, 0.6) is 0 Å². The van der Waals surface area contributed by atoms with Crippen LogP contribution in [0.25, 0.3) is 0 Å². The molecule has 2 heteroatoms. The number of hydrogen-bond donors (Lipinski definition) is 0. The molecule has 0 aromatic rings. The summed E-state index contributed by atoms with van der Waals surface area (Å²) in [5.41, 5.74) is 0. The van der Waals surface area contributed by atoms with Gasteiger partial charge in [0.2, 0.25) is 0 Å². The van der Waals surface area contributed by atoms with Crippen molar-refractivity contribution in [1.29, 1.82) is 0 Å². The molecular weight excluding hydrogens is 176 g/mol. The lowest BCUT2D eigenvalue weighted by Crippen LogP contribution is -2.32. The van der Waals surface area contributed by atoms with Gasteiger partial charge in [0, 0.05) is 0 Å². The molecule has 0 amide bonds. The zero-order valence-corrected chi connectivity index (χ0v) is 9.95. The fourth-order valence-electron chi connectivity index (χ4n) is 1.97. The van der Waals surface area contributed by atoms with E-state index in [4.69, 9.17) is 9.47 Å². The Morgan fingerprint density at radius 3 is 2.50 bits per heavy atom. The zero-order valence-electron chi connectivity index (χ0n) is 9.95. The van der Waals surface area contributed by atoms with E-state index in [1.807, 2.05) is 0 Å². The molecule has 1 aliphatic rings. The van der Waals surface area contributed by atoms with E-state index in [2.05, 4.69) is 27.7 Å². The molecule has 2 nitrogen and oxygen atoms in total. The van der Waals surface area contributed by atoms with Gasteiger partial charge in [-0.05, 0) is 45.4 Å². The second-order valence-electron chi connectivity index (χ2n) is 4.93. The Bertz CT molecular complexity index is 138. The molecule has 1 heterocycles. The second kappa shape index (κ2) is 5.72. The predicted molar refractivity (Wildman–Crippen MR) is 58.2 cm³/mol. The summed E-state index contributed by atoms with van der Waals surface area (Å²) < 4.78 is 11.6. The van der Waals surface area contributed by atoms with Gasteiger partial charge in [-0.1, -0.05) is 13.8 Å². The first-order valence-electron chi connectivity index (χ1n) is 5.89. The highest BCUT2D eigenvalue weighted by Crippen LogP contribution is 2.24.